The summed E-state index contributed by atoms with van der Waals surface area (Å²) in [5.74, 6) is 2.16. The average molecular weight is 390 g/mol. The van der Waals surface area contributed by atoms with Crippen LogP contribution in [-0.2, 0) is 0 Å². The Kier molecular flexibility index (Phi) is 6.56. The summed E-state index contributed by atoms with van der Waals surface area (Å²) < 4.78 is 0. The van der Waals surface area contributed by atoms with Crippen molar-refractivity contribution in [3.05, 3.63) is 24.5 Å². The lowest BCUT2D eigenvalue weighted by Crippen LogP contribution is -2.34. The number of hydrogen-bond donors (Lipinski definition) is 2. The lowest BCUT2D eigenvalue weighted by molar-refractivity contribution is 0.436. The molecular formula is C17H23N7S2. The Bertz CT molecular complexity index is 733. The standard InChI is InChI=1S/C17H23N7S2/c1-3-18-16(25)23-15-21-13(24-9-5-12(2)6-10-24)11-14(22-15)26-17-19-7-4-8-20-17/h4,7-8,11-12H,3,5-6,9-10H2,1-2H3,(H2,18,21,22,23,25). The third kappa shape index (κ3) is 5.25. The van der Waals surface area contributed by atoms with E-state index in [9.17, 15) is 0 Å². The molecule has 2 aromatic heterocycles. The van der Waals surface area contributed by atoms with Gasteiger partial charge in [0.05, 0.1) is 0 Å². The fourth-order valence-corrected chi connectivity index (χ4v) is 3.60. The summed E-state index contributed by atoms with van der Waals surface area (Å²) in [6, 6.07) is 3.80. The molecule has 3 heterocycles. The summed E-state index contributed by atoms with van der Waals surface area (Å²) >= 11 is 6.69. The zero-order valence-corrected chi connectivity index (χ0v) is 16.6. The highest BCUT2D eigenvalue weighted by molar-refractivity contribution is 7.99. The van der Waals surface area contributed by atoms with Gasteiger partial charge in [0, 0.05) is 38.1 Å². The first-order valence-electron chi connectivity index (χ1n) is 8.77. The molecule has 0 unspecified atom stereocenters. The monoisotopic (exact) mass is 389 g/mol. The second-order valence-corrected chi connectivity index (χ2v) is 7.57. The summed E-state index contributed by atoms with van der Waals surface area (Å²) in [4.78, 5) is 20.1. The van der Waals surface area contributed by atoms with Gasteiger partial charge in [0.25, 0.3) is 0 Å². The number of hydrogen-bond acceptors (Lipinski definition) is 7. The number of rotatable bonds is 5. The quantitative estimate of drug-likeness (QED) is 0.456. The van der Waals surface area contributed by atoms with E-state index in [1.54, 1.807) is 18.5 Å². The Balaban J connectivity index is 1.84. The SMILES string of the molecule is CCNC(=S)Nc1nc(Sc2ncccn2)cc(N2CCC(C)CC2)n1. The van der Waals surface area contributed by atoms with Crippen molar-refractivity contribution in [3.63, 3.8) is 0 Å². The van der Waals surface area contributed by atoms with Crippen molar-refractivity contribution in [2.45, 2.75) is 36.9 Å². The minimum atomic E-state index is 0.491. The largest absolute Gasteiger partial charge is 0.363 e. The van der Waals surface area contributed by atoms with Crippen molar-refractivity contribution in [2.75, 3.05) is 29.9 Å². The van der Waals surface area contributed by atoms with Crippen molar-refractivity contribution in [2.24, 2.45) is 5.92 Å². The Labute approximate surface area is 163 Å². The predicted octanol–water partition coefficient (Wildman–Crippen LogP) is 2.96. The van der Waals surface area contributed by atoms with E-state index >= 15 is 0 Å². The first kappa shape index (κ1) is 18.8. The molecule has 3 rings (SSSR count). The van der Waals surface area contributed by atoms with Crippen LogP contribution in [0.2, 0.25) is 0 Å². The molecule has 7 nitrogen and oxygen atoms in total. The van der Waals surface area contributed by atoms with Crippen LogP contribution in [0.1, 0.15) is 26.7 Å². The lowest BCUT2D eigenvalue weighted by atomic mass is 9.99. The van der Waals surface area contributed by atoms with Crippen LogP contribution in [0.3, 0.4) is 0 Å². The van der Waals surface area contributed by atoms with E-state index in [-0.39, 0.29) is 0 Å². The molecule has 138 valence electrons. The van der Waals surface area contributed by atoms with E-state index in [0.29, 0.717) is 16.2 Å². The molecule has 0 saturated carbocycles. The van der Waals surface area contributed by atoms with Gasteiger partial charge >= 0.3 is 0 Å². The highest BCUT2D eigenvalue weighted by Crippen LogP contribution is 2.28. The third-order valence-corrected chi connectivity index (χ3v) is 5.16. The third-order valence-electron chi connectivity index (χ3n) is 4.10. The predicted molar refractivity (Wildman–Crippen MR) is 109 cm³/mol. The van der Waals surface area contributed by atoms with Gasteiger partial charge in [-0.3, -0.25) is 0 Å². The Morgan fingerprint density at radius 2 is 2.00 bits per heavy atom. The zero-order chi connectivity index (χ0) is 18.4. The Hall–Kier alpha value is -2.00. The molecule has 1 aliphatic heterocycles. The average Bonchev–Trinajstić information content (AvgIpc) is 2.63. The first-order valence-corrected chi connectivity index (χ1v) is 10.00. The van der Waals surface area contributed by atoms with Crippen LogP contribution in [0.15, 0.2) is 34.7 Å². The van der Waals surface area contributed by atoms with Crippen LogP contribution in [0.5, 0.6) is 0 Å². The summed E-state index contributed by atoms with van der Waals surface area (Å²) in [5, 5.41) is 8.11. The van der Waals surface area contributed by atoms with Crippen LogP contribution in [0, 0.1) is 5.92 Å². The van der Waals surface area contributed by atoms with Crippen LogP contribution >= 0.6 is 24.0 Å². The van der Waals surface area contributed by atoms with Crippen molar-refractivity contribution in [1.29, 1.82) is 0 Å². The fraction of sp³-hybridized carbons (Fsp3) is 0.471. The van der Waals surface area contributed by atoms with Crippen LogP contribution in [0.4, 0.5) is 11.8 Å². The second-order valence-electron chi connectivity index (χ2n) is 6.18. The minimum Gasteiger partial charge on any atom is -0.363 e. The molecule has 1 aliphatic rings. The molecule has 0 amide bonds. The minimum absolute atomic E-state index is 0.491. The van der Waals surface area contributed by atoms with Gasteiger partial charge in [0.2, 0.25) is 5.95 Å². The molecule has 1 fully saturated rings. The molecule has 0 radical (unpaired) electrons. The maximum Gasteiger partial charge on any atom is 0.232 e. The maximum atomic E-state index is 5.28. The molecule has 0 bridgehead atoms. The summed E-state index contributed by atoms with van der Waals surface area (Å²) in [6.45, 7) is 7.04. The van der Waals surface area contributed by atoms with E-state index in [0.717, 1.165) is 36.4 Å². The molecule has 9 heteroatoms. The van der Waals surface area contributed by atoms with Gasteiger partial charge in [-0.15, -0.1) is 0 Å². The Morgan fingerprint density at radius 3 is 2.69 bits per heavy atom. The van der Waals surface area contributed by atoms with E-state index in [1.165, 1.54) is 24.6 Å². The fourth-order valence-electron chi connectivity index (χ4n) is 2.66. The normalized spacial score (nSPS) is 14.9. The van der Waals surface area contributed by atoms with Gasteiger partial charge in [0.1, 0.15) is 10.8 Å². The van der Waals surface area contributed by atoms with E-state index < -0.39 is 0 Å². The smallest absolute Gasteiger partial charge is 0.232 e. The molecule has 0 aromatic carbocycles. The van der Waals surface area contributed by atoms with E-state index in [1.807, 2.05) is 13.0 Å². The number of aromatic nitrogens is 4. The number of anilines is 2. The number of nitrogens with one attached hydrogen (secondary N) is 2. The summed E-state index contributed by atoms with van der Waals surface area (Å²) in [6.07, 6.45) is 5.80. The molecule has 0 atom stereocenters. The summed E-state index contributed by atoms with van der Waals surface area (Å²) in [7, 11) is 0. The molecule has 0 aliphatic carbocycles. The van der Waals surface area contributed by atoms with Crippen molar-refractivity contribution in [3.8, 4) is 0 Å². The number of nitrogens with zero attached hydrogens (tertiary/aromatic N) is 5. The van der Waals surface area contributed by atoms with E-state index in [2.05, 4.69) is 42.4 Å². The van der Waals surface area contributed by atoms with E-state index in [4.69, 9.17) is 12.2 Å². The van der Waals surface area contributed by atoms with Crippen LogP contribution < -0.4 is 15.5 Å². The molecule has 2 aromatic rings. The highest BCUT2D eigenvalue weighted by atomic mass is 32.2. The van der Waals surface area contributed by atoms with Crippen LogP contribution in [0.25, 0.3) is 0 Å². The zero-order valence-electron chi connectivity index (χ0n) is 15.0. The van der Waals surface area contributed by atoms with Gasteiger partial charge in [-0.2, -0.15) is 4.98 Å². The maximum absolute atomic E-state index is 5.28. The van der Waals surface area contributed by atoms with Gasteiger partial charge in [-0.25, -0.2) is 15.0 Å². The van der Waals surface area contributed by atoms with Crippen molar-refractivity contribution in [1.82, 2.24) is 25.3 Å². The van der Waals surface area contributed by atoms with Crippen molar-refractivity contribution >= 4 is 40.9 Å². The molecule has 2 N–H and O–H groups in total. The molecular weight excluding hydrogens is 366 g/mol. The van der Waals surface area contributed by atoms with Crippen molar-refractivity contribution < 1.29 is 0 Å². The summed E-state index contributed by atoms with van der Waals surface area (Å²) in [5.41, 5.74) is 0. The topological polar surface area (TPSA) is 78.9 Å². The number of thiocarbonyl (C=S) groups is 1. The van der Waals surface area contributed by atoms with Gasteiger partial charge in [-0.1, -0.05) is 6.92 Å². The first-order chi connectivity index (χ1) is 12.6. The Morgan fingerprint density at radius 1 is 1.27 bits per heavy atom. The lowest BCUT2D eigenvalue weighted by Gasteiger charge is -2.31. The van der Waals surface area contributed by atoms with Gasteiger partial charge < -0.3 is 15.5 Å². The molecule has 26 heavy (non-hydrogen) atoms. The number of piperidine rings is 1. The van der Waals surface area contributed by atoms with Gasteiger partial charge in [0.15, 0.2) is 10.3 Å². The second kappa shape index (κ2) is 9.09. The highest BCUT2D eigenvalue weighted by Gasteiger charge is 2.19. The van der Waals surface area contributed by atoms with Gasteiger partial charge in [-0.05, 0) is 55.7 Å². The molecule has 0 spiro atoms. The molecule has 1 saturated heterocycles. The van der Waals surface area contributed by atoms with Crippen LogP contribution in [-0.4, -0.2) is 44.7 Å².